The number of ether oxygens (including phenoxy) is 1. The van der Waals surface area contributed by atoms with E-state index in [1.165, 1.54) is 12.0 Å². The third-order valence-corrected chi connectivity index (χ3v) is 3.73. The summed E-state index contributed by atoms with van der Waals surface area (Å²) in [6, 6.07) is 0. The molecule has 3 atom stereocenters. The molecule has 2 fully saturated rings. The van der Waals surface area contributed by atoms with Gasteiger partial charge in [0.1, 0.15) is 0 Å². The van der Waals surface area contributed by atoms with Gasteiger partial charge in [0, 0.05) is 13.7 Å². The Bertz CT molecular complexity index is 296. The van der Waals surface area contributed by atoms with Crippen LogP contribution in [0.2, 0.25) is 0 Å². The minimum absolute atomic E-state index is 0.0397. The lowest BCUT2D eigenvalue weighted by Gasteiger charge is -2.17. The maximum absolute atomic E-state index is 12.0. The van der Waals surface area contributed by atoms with Gasteiger partial charge in [-0.05, 0) is 19.3 Å². The first-order valence-electron chi connectivity index (χ1n) is 6.17. The average molecular weight is 241 g/mol. The molecule has 5 heteroatoms. The predicted octanol–water partition coefficient (Wildman–Crippen LogP) is 0.169. The molecular formula is C12H19NO4. The smallest absolute Gasteiger partial charge is 0.233 e. The van der Waals surface area contributed by atoms with Crippen LogP contribution in [0.5, 0.6) is 0 Å². The predicted molar refractivity (Wildman–Crippen MR) is 60.1 cm³/mol. The van der Waals surface area contributed by atoms with Crippen molar-refractivity contribution in [2.45, 2.75) is 31.8 Å². The highest BCUT2D eigenvalue weighted by atomic mass is 16.5. The summed E-state index contributed by atoms with van der Waals surface area (Å²) in [7, 11) is 1.51. The number of amides is 2. The number of aliphatic hydroxyl groups excluding tert-OH is 1. The molecule has 0 aromatic rings. The van der Waals surface area contributed by atoms with E-state index in [0.29, 0.717) is 13.0 Å². The fourth-order valence-corrected chi connectivity index (χ4v) is 2.83. The van der Waals surface area contributed by atoms with Crippen LogP contribution in [0.1, 0.15) is 25.7 Å². The Morgan fingerprint density at radius 2 is 1.94 bits per heavy atom. The molecule has 0 aromatic carbocycles. The van der Waals surface area contributed by atoms with Crippen molar-refractivity contribution in [3.8, 4) is 0 Å². The molecule has 1 saturated carbocycles. The van der Waals surface area contributed by atoms with E-state index in [1.54, 1.807) is 0 Å². The Labute approximate surface area is 101 Å². The Kier molecular flexibility index (Phi) is 3.79. The van der Waals surface area contributed by atoms with E-state index < -0.39 is 6.10 Å². The zero-order valence-electron chi connectivity index (χ0n) is 10.1. The molecule has 2 amide bonds. The Balaban J connectivity index is 1.89. The van der Waals surface area contributed by atoms with Gasteiger partial charge in [-0.1, -0.05) is 6.42 Å². The largest absolute Gasteiger partial charge is 0.391 e. The molecule has 2 aliphatic rings. The number of methoxy groups -OCH3 is 1. The molecule has 0 bridgehead atoms. The quantitative estimate of drug-likeness (QED) is 0.697. The highest BCUT2D eigenvalue weighted by molar-refractivity contribution is 6.05. The Morgan fingerprint density at radius 1 is 1.35 bits per heavy atom. The summed E-state index contributed by atoms with van der Waals surface area (Å²) in [5.74, 6) is -0.242. The van der Waals surface area contributed by atoms with E-state index in [0.717, 1.165) is 19.3 Å². The van der Waals surface area contributed by atoms with Crippen LogP contribution >= 0.6 is 0 Å². The number of carbonyl (C=O) groups excluding carboxylic acids is 2. The van der Waals surface area contributed by atoms with Crippen LogP contribution in [0.15, 0.2) is 0 Å². The average Bonchev–Trinajstić information content (AvgIpc) is 2.84. The summed E-state index contributed by atoms with van der Waals surface area (Å²) < 4.78 is 4.81. The van der Waals surface area contributed by atoms with Gasteiger partial charge in [-0.15, -0.1) is 0 Å². The fourth-order valence-electron chi connectivity index (χ4n) is 2.83. The van der Waals surface area contributed by atoms with Gasteiger partial charge < -0.3 is 9.84 Å². The second-order valence-electron chi connectivity index (χ2n) is 4.87. The van der Waals surface area contributed by atoms with Gasteiger partial charge in [-0.3, -0.25) is 14.5 Å². The van der Waals surface area contributed by atoms with E-state index in [1.807, 2.05) is 0 Å². The second kappa shape index (κ2) is 5.14. The number of rotatable bonds is 5. The van der Waals surface area contributed by atoms with Crippen molar-refractivity contribution in [2.24, 2.45) is 11.8 Å². The second-order valence-corrected chi connectivity index (χ2v) is 4.87. The topological polar surface area (TPSA) is 66.8 Å². The standard InChI is InChI=1S/C12H19NO4/c1-17-7-8(14)5-6-13-11(15)9-3-2-4-10(9)12(13)16/h8-10,14H,2-7H2,1H3. The molecule has 96 valence electrons. The lowest BCUT2D eigenvalue weighted by atomic mass is 10.00. The highest BCUT2D eigenvalue weighted by Gasteiger charge is 2.49. The molecule has 3 unspecified atom stereocenters. The van der Waals surface area contributed by atoms with Crippen LogP contribution in [0.4, 0.5) is 0 Å². The van der Waals surface area contributed by atoms with E-state index in [2.05, 4.69) is 0 Å². The molecule has 0 spiro atoms. The van der Waals surface area contributed by atoms with Crippen LogP contribution in [0.25, 0.3) is 0 Å². The molecule has 1 saturated heterocycles. The number of carbonyl (C=O) groups is 2. The first-order chi connectivity index (χ1) is 8.15. The third-order valence-electron chi connectivity index (χ3n) is 3.73. The van der Waals surface area contributed by atoms with Crippen LogP contribution in [-0.2, 0) is 14.3 Å². The molecule has 17 heavy (non-hydrogen) atoms. The van der Waals surface area contributed by atoms with Crippen molar-refractivity contribution >= 4 is 11.8 Å². The van der Waals surface area contributed by atoms with Crippen LogP contribution < -0.4 is 0 Å². The van der Waals surface area contributed by atoms with Crippen molar-refractivity contribution in [3.05, 3.63) is 0 Å². The first kappa shape index (κ1) is 12.5. The van der Waals surface area contributed by atoms with Crippen molar-refractivity contribution in [3.63, 3.8) is 0 Å². The molecule has 1 aliphatic carbocycles. The molecule has 0 aromatic heterocycles. The van der Waals surface area contributed by atoms with Gasteiger partial charge in [-0.2, -0.15) is 0 Å². The Morgan fingerprint density at radius 3 is 2.47 bits per heavy atom. The molecular weight excluding hydrogens is 222 g/mol. The van der Waals surface area contributed by atoms with Gasteiger partial charge in [0.05, 0.1) is 24.5 Å². The molecule has 0 radical (unpaired) electrons. The maximum atomic E-state index is 12.0. The summed E-state index contributed by atoms with van der Waals surface area (Å²) in [6.45, 7) is 0.554. The van der Waals surface area contributed by atoms with E-state index in [-0.39, 0.29) is 30.3 Å². The van der Waals surface area contributed by atoms with E-state index in [9.17, 15) is 14.7 Å². The summed E-state index contributed by atoms with van der Waals surface area (Å²) in [5, 5.41) is 9.51. The normalized spacial score (nSPS) is 29.9. The number of nitrogens with zero attached hydrogens (tertiary/aromatic N) is 1. The molecule has 5 nitrogen and oxygen atoms in total. The lowest BCUT2D eigenvalue weighted by Crippen LogP contribution is -2.35. The van der Waals surface area contributed by atoms with Gasteiger partial charge >= 0.3 is 0 Å². The summed E-state index contributed by atoms with van der Waals surface area (Å²) in [5.41, 5.74) is 0. The zero-order chi connectivity index (χ0) is 12.4. The third kappa shape index (κ3) is 2.35. The lowest BCUT2D eigenvalue weighted by molar-refractivity contribution is -0.140. The molecule has 2 rings (SSSR count). The van der Waals surface area contributed by atoms with Crippen molar-refractivity contribution in [1.29, 1.82) is 0 Å². The highest BCUT2D eigenvalue weighted by Crippen LogP contribution is 2.39. The van der Waals surface area contributed by atoms with Crippen LogP contribution in [0, 0.1) is 11.8 Å². The SMILES string of the molecule is COCC(O)CCN1C(=O)C2CCCC2C1=O. The van der Waals surface area contributed by atoms with E-state index in [4.69, 9.17) is 4.74 Å². The van der Waals surface area contributed by atoms with Gasteiger partial charge in [0.25, 0.3) is 0 Å². The number of hydrogen-bond acceptors (Lipinski definition) is 4. The van der Waals surface area contributed by atoms with Gasteiger partial charge in [0.15, 0.2) is 0 Å². The fraction of sp³-hybridized carbons (Fsp3) is 0.833. The van der Waals surface area contributed by atoms with Crippen LogP contribution in [0.3, 0.4) is 0 Å². The monoisotopic (exact) mass is 241 g/mol. The first-order valence-corrected chi connectivity index (χ1v) is 6.17. The van der Waals surface area contributed by atoms with E-state index >= 15 is 0 Å². The minimum Gasteiger partial charge on any atom is -0.391 e. The number of aliphatic hydroxyl groups is 1. The zero-order valence-corrected chi connectivity index (χ0v) is 10.1. The molecule has 1 heterocycles. The number of imide groups is 1. The minimum atomic E-state index is -0.610. The van der Waals surface area contributed by atoms with Crippen molar-refractivity contribution < 1.29 is 19.4 Å². The molecule has 1 N–H and O–H groups in total. The molecule has 1 aliphatic heterocycles. The van der Waals surface area contributed by atoms with Gasteiger partial charge in [-0.25, -0.2) is 0 Å². The maximum Gasteiger partial charge on any atom is 0.233 e. The summed E-state index contributed by atoms with van der Waals surface area (Å²) >= 11 is 0. The summed E-state index contributed by atoms with van der Waals surface area (Å²) in [4.78, 5) is 25.2. The summed E-state index contributed by atoms with van der Waals surface area (Å²) in [6.07, 6.45) is 2.44. The Hall–Kier alpha value is -0.940. The number of fused-ring (bicyclic) bond motifs is 1. The van der Waals surface area contributed by atoms with Crippen molar-refractivity contribution in [1.82, 2.24) is 4.90 Å². The van der Waals surface area contributed by atoms with Crippen LogP contribution in [-0.4, -0.2) is 48.2 Å². The van der Waals surface area contributed by atoms with Crippen molar-refractivity contribution in [2.75, 3.05) is 20.3 Å². The van der Waals surface area contributed by atoms with Gasteiger partial charge in [0.2, 0.25) is 11.8 Å². The number of likely N-dealkylation sites (tertiary alicyclic amines) is 1. The number of hydrogen-bond donors (Lipinski definition) is 1.